The van der Waals surface area contributed by atoms with Crippen LogP contribution in [-0.2, 0) is 18.3 Å². The van der Waals surface area contributed by atoms with Crippen LogP contribution in [0.25, 0.3) is 0 Å². The van der Waals surface area contributed by atoms with Crippen LogP contribution in [0, 0.1) is 0 Å². The zero-order valence-electron chi connectivity index (χ0n) is 10.2. The molecule has 0 atom stereocenters. The molecule has 0 amide bonds. The lowest BCUT2D eigenvalue weighted by Gasteiger charge is -2.24. The van der Waals surface area contributed by atoms with Gasteiger partial charge in [0.25, 0.3) is 0 Å². The summed E-state index contributed by atoms with van der Waals surface area (Å²) in [5.41, 5.74) is 4.10. The fourth-order valence-corrected chi connectivity index (χ4v) is 2.67. The molecule has 2 nitrogen and oxygen atoms in total. The fraction of sp³-hybridized carbons (Fsp3) is 0.571. The predicted molar refractivity (Wildman–Crippen MR) is 63.5 cm³/mol. The van der Waals surface area contributed by atoms with E-state index in [1.807, 2.05) is 0 Å². The van der Waals surface area contributed by atoms with Crippen LogP contribution in [0.1, 0.15) is 37.5 Å². The summed E-state index contributed by atoms with van der Waals surface area (Å²) in [6.07, 6.45) is 2.09. The predicted octanol–water partition coefficient (Wildman–Crippen LogP) is 2.85. The van der Waals surface area contributed by atoms with Gasteiger partial charge in [-0.15, -0.1) is 0 Å². The molecule has 3 rings (SSSR count). The minimum Gasteiger partial charge on any atom is -0.493 e. The SMILES string of the molecule is CC(C)(C)c1c2c(cc3c1OCC3)CCO2. The van der Waals surface area contributed by atoms with Gasteiger partial charge in [0.2, 0.25) is 0 Å². The van der Waals surface area contributed by atoms with Gasteiger partial charge in [0.1, 0.15) is 11.5 Å². The van der Waals surface area contributed by atoms with Gasteiger partial charge in [0.15, 0.2) is 0 Å². The fourth-order valence-electron chi connectivity index (χ4n) is 2.67. The van der Waals surface area contributed by atoms with Crippen LogP contribution < -0.4 is 9.47 Å². The maximum absolute atomic E-state index is 5.80. The number of benzene rings is 1. The largest absolute Gasteiger partial charge is 0.493 e. The molecule has 0 saturated heterocycles. The van der Waals surface area contributed by atoms with Crippen molar-refractivity contribution in [3.8, 4) is 11.5 Å². The average Bonchev–Trinajstić information content (AvgIpc) is 2.77. The number of ether oxygens (including phenoxy) is 2. The van der Waals surface area contributed by atoms with E-state index in [9.17, 15) is 0 Å². The Bertz CT molecular complexity index is 409. The smallest absolute Gasteiger partial charge is 0.130 e. The Morgan fingerprint density at radius 1 is 0.938 bits per heavy atom. The molecule has 0 N–H and O–H groups in total. The summed E-state index contributed by atoms with van der Waals surface area (Å²) in [4.78, 5) is 0. The minimum absolute atomic E-state index is 0.0874. The molecule has 1 aromatic carbocycles. The number of hydrogen-bond acceptors (Lipinski definition) is 2. The van der Waals surface area contributed by atoms with Crippen molar-refractivity contribution in [2.75, 3.05) is 13.2 Å². The molecule has 0 spiro atoms. The molecule has 0 fully saturated rings. The molecule has 0 unspecified atom stereocenters. The summed E-state index contributed by atoms with van der Waals surface area (Å²) in [7, 11) is 0. The second kappa shape index (κ2) is 3.16. The molecule has 0 saturated carbocycles. The van der Waals surface area contributed by atoms with Crippen LogP contribution in [0.2, 0.25) is 0 Å². The molecule has 2 heteroatoms. The Hall–Kier alpha value is -1.18. The van der Waals surface area contributed by atoms with Crippen molar-refractivity contribution in [2.24, 2.45) is 0 Å². The minimum atomic E-state index is 0.0874. The Balaban J connectivity index is 2.28. The van der Waals surface area contributed by atoms with E-state index in [0.717, 1.165) is 37.6 Å². The van der Waals surface area contributed by atoms with Gasteiger partial charge in [-0.3, -0.25) is 0 Å². The summed E-state index contributed by atoms with van der Waals surface area (Å²) < 4.78 is 11.6. The van der Waals surface area contributed by atoms with Crippen LogP contribution in [0.15, 0.2) is 6.07 Å². The van der Waals surface area contributed by atoms with Crippen molar-refractivity contribution in [1.82, 2.24) is 0 Å². The first-order valence-corrected chi connectivity index (χ1v) is 6.02. The highest BCUT2D eigenvalue weighted by Gasteiger charge is 2.32. The van der Waals surface area contributed by atoms with E-state index in [1.54, 1.807) is 0 Å². The summed E-state index contributed by atoms with van der Waals surface area (Å²) in [5, 5.41) is 0. The van der Waals surface area contributed by atoms with Gasteiger partial charge in [-0.25, -0.2) is 0 Å². The zero-order valence-corrected chi connectivity index (χ0v) is 10.2. The summed E-state index contributed by atoms with van der Waals surface area (Å²) in [6.45, 7) is 8.33. The summed E-state index contributed by atoms with van der Waals surface area (Å²) in [6, 6.07) is 2.28. The van der Waals surface area contributed by atoms with Crippen molar-refractivity contribution in [3.05, 3.63) is 22.8 Å². The van der Waals surface area contributed by atoms with Crippen molar-refractivity contribution < 1.29 is 9.47 Å². The quantitative estimate of drug-likeness (QED) is 0.666. The molecule has 0 aliphatic carbocycles. The second-order valence-electron chi connectivity index (χ2n) is 5.67. The van der Waals surface area contributed by atoms with Crippen LogP contribution in [-0.4, -0.2) is 13.2 Å². The Morgan fingerprint density at radius 2 is 1.44 bits per heavy atom. The monoisotopic (exact) mass is 218 g/mol. The zero-order chi connectivity index (χ0) is 11.3. The third kappa shape index (κ3) is 1.32. The molecule has 16 heavy (non-hydrogen) atoms. The highest BCUT2D eigenvalue weighted by atomic mass is 16.5. The maximum atomic E-state index is 5.80. The first-order valence-electron chi connectivity index (χ1n) is 6.02. The average molecular weight is 218 g/mol. The first-order chi connectivity index (χ1) is 7.57. The topological polar surface area (TPSA) is 18.5 Å². The normalized spacial score (nSPS) is 17.7. The molecular formula is C14H18O2. The first kappa shape index (κ1) is 10.0. The summed E-state index contributed by atoms with van der Waals surface area (Å²) >= 11 is 0. The van der Waals surface area contributed by atoms with E-state index >= 15 is 0 Å². The third-order valence-corrected chi connectivity index (χ3v) is 3.37. The molecule has 86 valence electrons. The molecular weight excluding hydrogens is 200 g/mol. The Kier molecular flexibility index (Phi) is 1.97. The standard InChI is InChI=1S/C14H18O2/c1-14(2,3)11-12-9(4-6-15-12)8-10-5-7-16-13(10)11/h8H,4-7H2,1-3H3. The highest BCUT2D eigenvalue weighted by Crippen LogP contribution is 2.47. The van der Waals surface area contributed by atoms with Crippen molar-refractivity contribution >= 4 is 0 Å². The molecule has 0 aromatic heterocycles. The van der Waals surface area contributed by atoms with Gasteiger partial charge >= 0.3 is 0 Å². The van der Waals surface area contributed by atoms with Crippen molar-refractivity contribution in [1.29, 1.82) is 0 Å². The molecule has 2 aliphatic rings. The van der Waals surface area contributed by atoms with E-state index in [4.69, 9.17) is 9.47 Å². The second-order valence-corrected chi connectivity index (χ2v) is 5.67. The van der Waals surface area contributed by atoms with Gasteiger partial charge in [0.05, 0.1) is 13.2 Å². The molecule has 0 bridgehead atoms. The van der Waals surface area contributed by atoms with Crippen LogP contribution in [0.3, 0.4) is 0 Å². The van der Waals surface area contributed by atoms with Gasteiger partial charge in [-0.1, -0.05) is 20.8 Å². The van der Waals surface area contributed by atoms with Gasteiger partial charge < -0.3 is 9.47 Å². The van der Waals surface area contributed by atoms with E-state index in [0.29, 0.717) is 0 Å². The lowest BCUT2D eigenvalue weighted by atomic mass is 9.83. The van der Waals surface area contributed by atoms with E-state index in [-0.39, 0.29) is 5.41 Å². The third-order valence-electron chi connectivity index (χ3n) is 3.37. The van der Waals surface area contributed by atoms with Crippen LogP contribution >= 0.6 is 0 Å². The van der Waals surface area contributed by atoms with Crippen molar-refractivity contribution in [3.63, 3.8) is 0 Å². The number of hydrogen-bond donors (Lipinski definition) is 0. The lowest BCUT2D eigenvalue weighted by Crippen LogP contribution is -2.14. The highest BCUT2D eigenvalue weighted by molar-refractivity contribution is 5.60. The molecule has 2 heterocycles. The molecule has 0 radical (unpaired) electrons. The van der Waals surface area contributed by atoms with E-state index in [1.165, 1.54) is 16.7 Å². The Labute approximate surface area is 96.6 Å². The molecule has 2 aliphatic heterocycles. The lowest BCUT2D eigenvalue weighted by molar-refractivity contribution is 0.325. The van der Waals surface area contributed by atoms with E-state index in [2.05, 4.69) is 26.8 Å². The van der Waals surface area contributed by atoms with Crippen molar-refractivity contribution in [2.45, 2.75) is 39.0 Å². The van der Waals surface area contributed by atoms with Gasteiger partial charge in [-0.2, -0.15) is 0 Å². The molecule has 1 aromatic rings. The van der Waals surface area contributed by atoms with Gasteiger partial charge in [-0.05, 0) is 22.6 Å². The van der Waals surface area contributed by atoms with Gasteiger partial charge in [0, 0.05) is 18.4 Å². The summed E-state index contributed by atoms with van der Waals surface area (Å²) in [5.74, 6) is 2.18. The Morgan fingerprint density at radius 3 is 1.88 bits per heavy atom. The van der Waals surface area contributed by atoms with E-state index < -0.39 is 0 Å². The van der Waals surface area contributed by atoms with Crippen LogP contribution in [0.5, 0.6) is 11.5 Å². The number of rotatable bonds is 0. The van der Waals surface area contributed by atoms with Crippen LogP contribution in [0.4, 0.5) is 0 Å². The maximum Gasteiger partial charge on any atom is 0.130 e. The number of fused-ring (bicyclic) bond motifs is 2.